The second-order valence-electron chi connectivity index (χ2n) is 4.61. The maximum absolute atomic E-state index is 13.5. The van der Waals surface area contributed by atoms with Gasteiger partial charge < -0.3 is 15.5 Å². The van der Waals surface area contributed by atoms with Gasteiger partial charge in [0.1, 0.15) is 17.1 Å². The largest absolute Gasteiger partial charge is 0.507 e. The average molecular weight is 253 g/mol. The van der Waals surface area contributed by atoms with E-state index in [4.69, 9.17) is 0 Å². The molecule has 1 aromatic rings. The summed E-state index contributed by atoms with van der Waals surface area (Å²) >= 11 is 0. The normalized spacial score (nSPS) is 23.7. The molecule has 4 nitrogen and oxygen atoms in total. The highest BCUT2D eigenvalue weighted by atomic mass is 19.1. The van der Waals surface area contributed by atoms with Crippen LogP contribution in [0.3, 0.4) is 0 Å². The first kappa shape index (κ1) is 12.8. The van der Waals surface area contributed by atoms with Gasteiger partial charge in [-0.25, -0.2) is 4.39 Å². The molecule has 0 heterocycles. The molecule has 0 spiro atoms. The number of aliphatic hydroxyl groups is 1. The van der Waals surface area contributed by atoms with Crippen LogP contribution in [0.5, 0.6) is 5.75 Å². The highest BCUT2D eigenvalue weighted by Crippen LogP contribution is 2.22. The second-order valence-corrected chi connectivity index (χ2v) is 4.61. The van der Waals surface area contributed by atoms with Crippen LogP contribution in [0.2, 0.25) is 0 Å². The molecular formula is C13H16FNO3. The number of hydrogen-bond donors (Lipinski definition) is 3. The van der Waals surface area contributed by atoms with Gasteiger partial charge in [-0.3, -0.25) is 4.79 Å². The third-order valence-corrected chi connectivity index (χ3v) is 3.25. The van der Waals surface area contributed by atoms with Crippen LogP contribution in [0.15, 0.2) is 18.2 Å². The van der Waals surface area contributed by atoms with Gasteiger partial charge >= 0.3 is 0 Å². The Balaban J connectivity index is 2.04. The minimum atomic E-state index is -0.733. The Kier molecular flexibility index (Phi) is 3.81. The summed E-state index contributed by atoms with van der Waals surface area (Å²) < 4.78 is 13.5. The van der Waals surface area contributed by atoms with E-state index in [-0.39, 0.29) is 23.5 Å². The van der Waals surface area contributed by atoms with Gasteiger partial charge in [-0.2, -0.15) is 0 Å². The number of aromatic hydroxyl groups is 1. The smallest absolute Gasteiger partial charge is 0.258 e. The van der Waals surface area contributed by atoms with E-state index >= 15 is 0 Å². The molecule has 1 amide bonds. The Labute approximate surface area is 104 Å². The first-order valence-electron chi connectivity index (χ1n) is 6.04. The summed E-state index contributed by atoms with van der Waals surface area (Å²) in [6.07, 6.45) is 2.30. The van der Waals surface area contributed by atoms with E-state index < -0.39 is 11.7 Å². The molecule has 1 aliphatic carbocycles. The second kappa shape index (κ2) is 5.35. The van der Waals surface area contributed by atoms with Crippen molar-refractivity contribution < 1.29 is 19.4 Å². The van der Waals surface area contributed by atoms with Gasteiger partial charge in [0.05, 0.1) is 6.10 Å². The zero-order valence-corrected chi connectivity index (χ0v) is 9.90. The minimum Gasteiger partial charge on any atom is -0.507 e. The first-order chi connectivity index (χ1) is 8.58. The van der Waals surface area contributed by atoms with Gasteiger partial charge in [0.2, 0.25) is 0 Å². The number of halogens is 1. The van der Waals surface area contributed by atoms with Crippen LogP contribution in [0.4, 0.5) is 4.39 Å². The van der Waals surface area contributed by atoms with Gasteiger partial charge in [-0.05, 0) is 37.8 Å². The Hall–Kier alpha value is -1.62. The van der Waals surface area contributed by atoms with Crippen LogP contribution in [-0.4, -0.2) is 28.3 Å². The number of nitrogens with one attached hydrogen (secondary N) is 1. The van der Waals surface area contributed by atoms with Crippen molar-refractivity contribution in [1.82, 2.24) is 5.32 Å². The number of carbonyl (C=O) groups excluding carboxylic acids is 1. The summed E-state index contributed by atoms with van der Waals surface area (Å²) in [4.78, 5) is 11.9. The topological polar surface area (TPSA) is 69.6 Å². The van der Waals surface area contributed by atoms with Gasteiger partial charge in [-0.1, -0.05) is 6.07 Å². The Morgan fingerprint density at radius 3 is 2.56 bits per heavy atom. The molecule has 0 atom stereocenters. The maximum atomic E-state index is 13.5. The summed E-state index contributed by atoms with van der Waals surface area (Å²) in [5.41, 5.74) is -0.316. The van der Waals surface area contributed by atoms with Gasteiger partial charge in [0, 0.05) is 6.04 Å². The van der Waals surface area contributed by atoms with Gasteiger partial charge in [0.15, 0.2) is 0 Å². The highest BCUT2D eigenvalue weighted by Gasteiger charge is 2.23. The third-order valence-electron chi connectivity index (χ3n) is 3.25. The van der Waals surface area contributed by atoms with Crippen LogP contribution in [0, 0.1) is 5.82 Å². The molecular weight excluding hydrogens is 237 g/mol. The number of amides is 1. The summed E-state index contributed by atoms with van der Waals surface area (Å²) in [6.45, 7) is 0. The lowest BCUT2D eigenvalue weighted by atomic mass is 9.93. The number of rotatable bonds is 2. The van der Waals surface area contributed by atoms with Gasteiger partial charge in [-0.15, -0.1) is 0 Å². The number of aliphatic hydroxyl groups excluding tert-OH is 1. The predicted octanol–water partition coefficient (Wildman–Crippen LogP) is 1.56. The Morgan fingerprint density at radius 1 is 1.28 bits per heavy atom. The van der Waals surface area contributed by atoms with Crippen LogP contribution in [-0.2, 0) is 0 Å². The van der Waals surface area contributed by atoms with E-state index in [0.29, 0.717) is 25.7 Å². The molecule has 1 fully saturated rings. The fraction of sp³-hybridized carbons (Fsp3) is 0.462. The molecule has 0 aliphatic heterocycles. The molecule has 3 N–H and O–H groups in total. The predicted molar refractivity (Wildman–Crippen MR) is 63.8 cm³/mol. The van der Waals surface area contributed by atoms with Crippen LogP contribution >= 0.6 is 0 Å². The number of carbonyl (C=O) groups is 1. The van der Waals surface area contributed by atoms with Crippen LogP contribution in [0.1, 0.15) is 36.0 Å². The quantitative estimate of drug-likeness (QED) is 0.749. The first-order valence-corrected chi connectivity index (χ1v) is 6.04. The average Bonchev–Trinajstić information content (AvgIpc) is 2.32. The lowest BCUT2D eigenvalue weighted by Crippen LogP contribution is -2.38. The third kappa shape index (κ3) is 2.79. The van der Waals surface area contributed by atoms with Crippen molar-refractivity contribution in [2.24, 2.45) is 0 Å². The minimum absolute atomic E-state index is 0.0695. The van der Waals surface area contributed by atoms with Crippen molar-refractivity contribution in [3.63, 3.8) is 0 Å². The molecule has 98 valence electrons. The monoisotopic (exact) mass is 253 g/mol. The Bertz CT molecular complexity index is 422. The lowest BCUT2D eigenvalue weighted by molar-refractivity contribution is 0.0861. The molecule has 18 heavy (non-hydrogen) atoms. The standard InChI is InChI=1S/C13H16FNO3/c14-10-2-1-3-11(17)12(10)13(18)15-8-4-6-9(16)7-5-8/h1-3,8-9,16-17H,4-7H2,(H,15,18). The van der Waals surface area contributed by atoms with E-state index in [1.165, 1.54) is 12.1 Å². The molecule has 1 aliphatic rings. The summed E-state index contributed by atoms with van der Waals surface area (Å²) in [7, 11) is 0. The molecule has 2 rings (SSSR count). The van der Waals surface area contributed by atoms with E-state index in [2.05, 4.69) is 5.32 Å². The van der Waals surface area contributed by atoms with Crippen molar-refractivity contribution in [1.29, 1.82) is 0 Å². The summed E-state index contributed by atoms with van der Waals surface area (Å²) in [5.74, 6) is -1.70. The molecule has 5 heteroatoms. The van der Waals surface area contributed by atoms with Crippen molar-refractivity contribution in [3.05, 3.63) is 29.6 Å². The van der Waals surface area contributed by atoms with Crippen molar-refractivity contribution in [2.75, 3.05) is 0 Å². The molecule has 0 saturated heterocycles. The zero-order valence-electron chi connectivity index (χ0n) is 9.90. The van der Waals surface area contributed by atoms with Crippen molar-refractivity contribution in [3.8, 4) is 5.75 Å². The highest BCUT2D eigenvalue weighted by molar-refractivity contribution is 5.97. The fourth-order valence-electron chi connectivity index (χ4n) is 2.22. The molecule has 0 aromatic heterocycles. The number of phenols is 1. The maximum Gasteiger partial charge on any atom is 0.258 e. The molecule has 0 radical (unpaired) electrons. The van der Waals surface area contributed by atoms with Crippen molar-refractivity contribution >= 4 is 5.91 Å². The molecule has 1 aromatic carbocycles. The van der Waals surface area contributed by atoms with E-state index in [9.17, 15) is 19.4 Å². The van der Waals surface area contributed by atoms with Crippen LogP contribution < -0.4 is 5.32 Å². The number of benzene rings is 1. The van der Waals surface area contributed by atoms with Crippen LogP contribution in [0.25, 0.3) is 0 Å². The summed E-state index contributed by atoms with van der Waals surface area (Å²) in [6, 6.07) is 3.69. The number of phenolic OH excluding ortho intramolecular Hbond substituents is 1. The Morgan fingerprint density at radius 2 is 1.94 bits per heavy atom. The molecule has 0 bridgehead atoms. The SMILES string of the molecule is O=C(NC1CCC(O)CC1)c1c(O)cccc1F. The zero-order chi connectivity index (χ0) is 13.1. The van der Waals surface area contributed by atoms with Gasteiger partial charge in [0.25, 0.3) is 5.91 Å². The summed E-state index contributed by atoms with van der Waals surface area (Å²) in [5, 5.41) is 21.5. The van der Waals surface area contributed by atoms with E-state index in [1.54, 1.807) is 0 Å². The number of hydrogen-bond acceptors (Lipinski definition) is 3. The van der Waals surface area contributed by atoms with E-state index in [1.807, 2.05) is 0 Å². The van der Waals surface area contributed by atoms with Crippen molar-refractivity contribution in [2.45, 2.75) is 37.8 Å². The van der Waals surface area contributed by atoms with E-state index in [0.717, 1.165) is 6.07 Å². The lowest BCUT2D eigenvalue weighted by Gasteiger charge is -2.26. The molecule has 0 unspecified atom stereocenters. The fourth-order valence-corrected chi connectivity index (χ4v) is 2.22. The molecule has 1 saturated carbocycles.